The molecule has 1 atom stereocenters. The molecule has 0 N–H and O–H groups in total. The highest BCUT2D eigenvalue weighted by Crippen LogP contribution is 2.30. The Morgan fingerprint density at radius 2 is 1.90 bits per heavy atom. The second-order valence-corrected chi connectivity index (χ2v) is 9.41. The highest BCUT2D eigenvalue weighted by atomic mass is 32.2. The van der Waals surface area contributed by atoms with Crippen LogP contribution in [0.1, 0.15) is 24.9 Å². The summed E-state index contributed by atoms with van der Waals surface area (Å²) in [6.07, 6.45) is 7.70. The van der Waals surface area contributed by atoms with Crippen LogP contribution in [0.5, 0.6) is 0 Å². The second-order valence-electron chi connectivity index (χ2n) is 8.04. The lowest BCUT2D eigenvalue weighted by molar-refractivity contribution is -0.129. The highest BCUT2D eigenvalue weighted by molar-refractivity contribution is 8.00. The van der Waals surface area contributed by atoms with Gasteiger partial charge in [0.1, 0.15) is 11.5 Å². The molecule has 0 radical (unpaired) electrons. The molecule has 1 aromatic carbocycles. The van der Waals surface area contributed by atoms with Gasteiger partial charge < -0.3 is 18.8 Å². The van der Waals surface area contributed by atoms with Crippen LogP contribution in [0, 0.1) is 6.92 Å². The molecule has 4 rings (SSSR count). The van der Waals surface area contributed by atoms with E-state index in [1.165, 1.54) is 10.6 Å². The fourth-order valence-corrected chi connectivity index (χ4v) is 5.11. The number of benzene rings is 1. The minimum atomic E-state index is 0.167. The summed E-state index contributed by atoms with van der Waals surface area (Å²) in [4.78, 5) is 21.3. The maximum Gasteiger partial charge on any atom is 0.219 e. The third-order valence-electron chi connectivity index (χ3n) is 5.71. The molecule has 6 nitrogen and oxygen atoms in total. The van der Waals surface area contributed by atoms with E-state index in [0.29, 0.717) is 5.25 Å². The van der Waals surface area contributed by atoms with E-state index in [-0.39, 0.29) is 5.91 Å². The van der Waals surface area contributed by atoms with Crippen molar-refractivity contribution < 1.29 is 9.21 Å². The van der Waals surface area contributed by atoms with E-state index in [1.54, 1.807) is 6.92 Å². The SMILES string of the molecule is CC(=O)N1CCN(c2ccc(SC(CCc3ccc(C)o3)Cn3ccnc3)cc2)CC1. The van der Waals surface area contributed by atoms with E-state index >= 15 is 0 Å². The molecule has 31 heavy (non-hydrogen) atoms. The number of aryl methyl sites for hydroxylation is 2. The Labute approximate surface area is 188 Å². The summed E-state index contributed by atoms with van der Waals surface area (Å²) in [5, 5.41) is 0.421. The lowest BCUT2D eigenvalue weighted by Crippen LogP contribution is -2.48. The van der Waals surface area contributed by atoms with Gasteiger partial charge in [0.15, 0.2) is 0 Å². The Balaban J connectivity index is 1.37. The van der Waals surface area contributed by atoms with Crippen LogP contribution in [0.3, 0.4) is 0 Å². The predicted molar refractivity (Wildman–Crippen MR) is 125 cm³/mol. The Kier molecular flexibility index (Phi) is 7.02. The number of hydrogen-bond donors (Lipinski definition) is 0. The molecule has 3 aromatic rings. The van der Waals surface area contributed by atoms with Crippen molar-refractivity contribution in [1.82, 2.24) is 14.5 Å². The Bertz CT molecular complexity index is 960. The molecule has 1 fully saturated rings. The topological polar surface area (TPSA) is 54.5 Å². The zero-order valence-electron chi connectivity index (χ0n) is 18.2. The first-order valence-corrected chi connectivity index (χ1v) is 11.7. The summed E-state index contributed by atoms with van der Waals surface area (Å²) in [7, 11) is 0. The van der Waals surface area contributed by atoms with Gasteiger partial charge in [-0.1, -0.05) is 0 Å². The van der Waals surface area contributed by atoms with Gasteiger partial charge in [-0.2, -0.15) is 0 Å². The van der Waals surface area contributed by atoms with Crippen LogP contribution >= 0.6 is 11.8 Å². The molecule has 2 aromatic heterocycles. The number of piperazine rings is 1. The number of anilines is 1. The minimum absolute atomic E-state index is 0.167. The lowest BCUT2D eigenvalue weighted by Gasteiger charge is -2.35. The van der Waals surface area contributed by atoms with Gasteiger partial charge in [0.25, 0.3) is 0 Å². The van der Waals surface area contributed by atoms with Gasteiger partial charge in [0, 0.05) is 74.3 Å². The lowest BCUT2D eigenvalue weighted by atomic mass is 10.2. The molecule has 1 aliphatic rings. The van der Waals surface area contributed by atoms with Crippen LogP contribution in [0.2, 0.25) is 0 Å². The standard InChI is InChI=1S/C24H30N4O2S/c1-19-3-6-22(30-19)7-10-24(17-26-12-11-25-18-26)31-23-8-4-21(5-9-23)28-15-13-27(14-16-28)20(2)29/h3-6,8-9,11-12,18,24H,7,10,13-17H2,1-2H3. The van der Waals surface area contributed by atoms with Crippen molar-refractivity contribution in [3.8, 4) is 0 Å². The predicted octanol–water partition coefficient (Wildman–Crippen LogP) is 4.25. The average molecular weight is 439 g/mol. The Hall–Kier alpha value is -2.67. The summed E-state index contributed by atoms with van der Waals surface area (Å²) in [6.45, 7) is 7.92. The normalized spacial score (nSPS) is 15.3. The van der Waals surface area contributed by atoms with Crippen molar-refractivity contribution in [3.63, 3.8) is 0 Å². The zero-order chi connectivity index (χ0) is 21.6. The van der Waals surface area contributed by atoms with E-state index in [9.17, 15) is 4.79 Å². The zero-order valence-corrected chi connectivity index (χ0v) is 19.1. The molecule has 7 heteroatoms. The number of imidazole rings is 1. The highest BCUT2D eigenvalue weighted by Gasteiger charge is 2.19. The van der Waals surface area contributed by atoms with Crippen molar-refractivity contribution in [2.75, 3.05) is 31.1 Å². The quantitative estimate of drug-likeness (QED) is 0.492. The molecule has 0 saturated carbocycles. The number of rotatable bonds is 8. The van der Waals surface area contributed by atoms with Crippen LogP contribution < -0.4 is 4.90 Å². The van der Waals surface area contributed by atoms with Gasteiger partial charge in [0.2, 0.25) is 5.91 Å². The number of amides is 1. The van der Waals surface area contributed by atoms with Gasteiger partial charge >= 0.3 is 0 Å². The number of thioether (sulfide) groups is 1. The second kappa shape index (κ2) is 10.1. The Morgan fingerprint density at radius 3 is 2.52 bits per heavy atom. The molecule has 3 heterocycles. The van der Waals surface area contributed by atoms with Gasteiger partial charge in [-0.15, -0.1) is 11.8 Å². The molecule has 0 aliphatic carbocycles. The smallest absolute Gasteiger partial charge is 0.219 e. The summed E-state index contributed by atoms with van der Waals surface area (Å²) < 4.78 is 7.91. The van der Waals surface area contributed by atoms with Crippen LogP contribution in [0.15, 0.2) is 64.4 Å². The molecule has 1 unspecified atom stereocenters. The maximum absolute atomic E-state index is 11.5. The van der Waals surface area contributed by atoms with Gasteiger partial charge in [0.05, 0.1) is 6.33 Å². The largest absolute Gasteiger partial charge is 0.466 e. The van der Waals surface area contributed by atoms with Crippen LogP contribution in [0.4, 0.5) is 5.69 Å². The minimum Gasteiger partial charge on any atom is -0.466 e. The van der Waals surface area contributed by atoms with Crippen LogP contribution in [-0.4, -0.2) is 51.8 Å². The van der Waals surface area contributed by atoms with E-state index in [4.69, 9.17) is 4.42 Å². The monoisotopic (exact) mass is 438 g/mol. The van der Waals surface area contributed by atoms with E-state index < -0.39 is 0 Å². The first kappa shape index (κ1) is 21.6. The number of furan rings is 1. The third kappa shape index (κ3) is 5.94. The number of carbonyl (C=O) groups is 1. The molecule has 1 amide bonds. The summed E-state index contributed by atoms with van der Waals surface area (Å²) >= 11 is 1.91. The van der Waals surface area contributed by atoms with Crippen molar-refractivity contribution in [1.29, 1.82) is 0 Å². The fourth-order valence-electron chi connectivity index (χ4n) is 3.95. The van der Waals surface area contributed by atoms with E-state index in [1.807, 2.05) is 48.4 Å². The van der Waals surface area contributed by atoms with Gasteiger partial charge in [-0.05, 0) is 49.7 Å². The van der Waals surface area contributed by atoms with Crippen molar-refractivity contribution in [3.05, 3.63) is 66.6 Å². The van der Waals surface area contributed by atoms with Crippen molar-refractivity contribution in [2.24, 2.45) is 0 Å². The van der Waals surface area contributed by atoms with Crippen molar-refractivity contribution >= 4 is 23.4 Å². The number of carbonyl (C=O) groups excluding carboxylic acids is 1. The molecule has 1 saturated heterocycles. The number of hydrogen-bond acceptors (Lipinski definition) is 5. The van der Waals surface area contributed by atoms with Crippen LogP contribution in [0.25, 0.3) is 0 Å². The first-order chi connectivity index (χ1) is 15.1. The molecule has 1 aliphatic heterocycles. The third-order valence-corrected chi connectivity index (χ3v) is 6.97. The molecular formula is C24H30N4O2S. The molecule has 0 spiro atoms. The van der Waals surface area contributed by atoms with Gasteiger partial charge in [-0.25, -0.2) is 4.98 Å². The molecular weight excluding hydrogens is 408 g/mol. The number of aromatic nitrogens is 2. The van der Waals surface area contributed by atoms with Crippen molar-refractivity contribution in [2.45, 2.75) is 43.4 Å². The summed E-state index contributed by atoms with van der Waals surface area (Å²) in [6, 6.07) is 13.0. The molecule has 164 valence electrons. The molecule has 0 bridgehead atoms. The number of nitrogens with zero attached hydrogens (tertiary/aromatic N) is 4. The first-order valence-electron chi connectivity index (χ1n) is 10.8. The average Bonchev–Trinajstić information content (AvgIpc) is 3.44. The van der Waals surface area contributed by atoms with Crippen LogP contribution in [-0.2, 0) is 17.8 Å². The van der Waals surface area contributed by atoms with Gasteiger partial charge in [-0.3, -0.25) is 4.79 Å². The summed E-state index contributed by atoms with van der Waals surface area (Å²) in [5.74, 6) is 2.18. The van der Waals surface area contributed by atoms with E-state index in [0.717, 1.165) is 57.1 Å². The Morgan fingerprint density at radius 1 is 1.13 bits per heavy atom. The van der Waals surface area contributed by atoms with E-state index in [2.05, 4.69) is 44.8 Å². The maximum atomic E-state index is 11.5. The fraction of sp³-hybridized carbons (Fsp3) is 0.417. The summed E-state index contributed by atoms with van der Waals surface area (Å²) in [5.41, 5.74) is 1.23.